The van der Waals surface area contributed by atoms with Gasteiger partial charge in [0.25, 0.3) is 0 Å². The zero-order valence-electron chi connectivity index (χ0n) is 10.6. The minimum Gasteiger partial charge on any atom is -0.377 e. The molecular formula is C11H18N2O4. The zero-order chi connectivity index (χ0) is 13.2. The van der Waals surface area contributed by atoms with Gasteiger partial charge < -0.3 is 4.74 Å². The number of hydrogen-bond donors (Lipinski definition) is 1. The molecule has 17 heavy (non-hydrogen) atoms. The molecule has 1 rings (SSSR count). The van der Waals surface area contributed by atoms with Gasteiger partial charge in [-0.2, -0.15) is 0 Å². The van der Waals surface area contributed by atoms with Gasteiger partial charge in [0.2, 0.25) is 11.8 Å². The van der Waals surface area contributed by atoms with Crippen molar-refractivity contribution in [2.24, 2.45) is 5.41 Å². The molecular weight excluding hydrogens is 224 g/mol. The summed E-state index contributed by atoms with van der Waals surface area (Å²) in [6.45, 7) is 7.25. The third-order valence-corrected chi connectivity index (χ3v) is 2.70. The van der Waals surface area contributed by atoms with Crippen molar-refractivity contribution >= 4 is 17.8 Å². The molecule has 1 aliphatic heterocycles. The van der Waals surface area contributed by atoms with Crippen molar-refractivity contribution in [1.82, 2.24) is 10.2 Å². The SMILES string of the molecule is CCOC(C)CN1C(=O)NC(=O)C(C)(C)C1=O. The van der Waals surface area contributed by atoms with Crippen LogP contribution in [-0.2, 0) is 14.3 Å². The van der Waals surface area contributed by atoms with Gasteiger partial charge in [-0.25, -0.2) is 4.79 Å². The molecule has 0 spiro atoms. The molecule has 1 unspecified atom stereocenters. The van der Waals surface area contributed by atoms with Gasteiger partial charge in [0.15, 0.2) is 0 Å². The van der Waals surface area contributed by atoms with E-state index in [2.05, 4.69) is 5.32 Å². The van der Waals surface area contributed by atoms with Gasteiger partial charge in [-0.1, -0.05) is 0 Å². The van der Waals surface area contributed by atoms with Gasteiger partial charge in [-0.3, -0.25) is 19.8 Å². The lowest BCUT2D eigenvalue weighted by atomic mass is 9.88. The highest BCUT2D eigenvalue weighted by Gasteiger charge is 2.47. The number of barbiturate groups is 1. The van der Waals surface area contributed by atoms with Crippen LogP contribution < -0.4 is 5.32 Å². The second-order valence-electron chi connectivity index (χ2n) is 4.57. The Kier molecular flexibility index (Phi) is 3.87. The summed E-state index contributed by atoms with van der Waals surface area (Å²) in [5.41, 5.74) is -1.21. The van der Waals surface area contributed by atoms with E-state index in [1.54, 1.807) is 6.92 Å². The summed E-state index contributed by atoms with van der Waals surface area (Å²) in [5, 5.41) is 2.17. The first-order valence-corrected chi connectivity index (χ1v) is 5.59. The van der Waals surface area contributed by atoms with Crippen molar-refractivity contribution in [3.63, 3.8) is 0 Å². The molecule has 1 atom stereocenters. The topological polar surface area (TPSA) is 75.7 Å². The van der Waals surface area contributed by atoms with Gasteiger partial charge >= 0.3 is 6.03 Å². The maximum absolute atomic E-state index is 12.0. The van der Waals surface area contributed by atoms with Crippen molar-refractivity contribution in [1.29, 1.82) is 0 Å². The predicted molar refractivity (Wildman–Crippen MR) is 60.1 cm³/mol. The molecule has 4 amide bonds. The fourth-order valence-electron chi connectivity index (χ4n) is 1.61. The molecule has 0 radical (unpaired) electrons. The molecule has 6 nitrogen and oxygen atoms in total. The Balaban J connectivity index is 2.81. The zero-order valence-corrected chi connectivity index (χ0v) is 10.6. The largest absolute Gasteiger partial charge is 0.377 e. The van der Waals surface area contributed by atoms with Crippen molar-refractivity contribution in [2.45, 2.75) is 33.8 Å². The van der Waals surface area contributed by atoms with Crippen LogP contribution in [0.3, 0.4) is 0 Å². The van der Waals surface area contributed by atoms with E-state index in [0.29, 0.717) is 6.61 Å². The van der Waals surface area contributed by atoms with Crippen LogP contribution in [0.5, 0.6) is 0 Å². The first-order valence-electron chi connectivity index (χ1n) is 5.59. The molecule has 1 saturated heterocycles. The van der Waals surface area contributed by atoms with Crippen LogP contribution in [0.15, 0.2) is 0 Å². The van der Waals surface area contributed by atoms with Gasteiger partial charge in [-0.15, -0.1) is 0 Å². The fourth-order valence-corrected chi connectivity index (χ4v) is 1.61. The second-order valence-corrected chi connectivity index (χ2v) is 4.57. The number of imide groups is 2. The number of carbonyl (C=O) groups is 3. The summed E-state index contributed by atoms with van der Waals surface area (Å²) in [7, 11) is 0. The van der Waals surface area contributed by atoms with Crippen LogP contribution >= 0.6 is 0 Å². The number of hydrogen-bond acceptors (Lipinski definition) is 4. The maximum atomic E-state index is 12.0. The van der Waals surface area contributed by atoms with E-state index in [-0.39, 0.29) is 12.6 Å². The Morgan fingerprint density at radius 1 is 1.35 bits per heavy atom. The van der Waals surface area contributed by atoms with Gasteiger partial charge in [0, 0.05) is 6.61 Å². The first-order chi connectivity index (χ1) is 7.80. The highest BCUT2D eigenvalue weighted by atomic mass is 16.5. The van der Waals surface area contributed by atoms with Crippen molar-refractivity contribution in [3.8, 4) is 0 Å². The van der Waals surface area contributed by atoms with E-state index in [1.165, 1.54) is 13.8 Å². The standard InChI is InChI=1S/C11H18N2O4/c1-5-17-7(2)6-13-9(15)11(3,4)8(14)12-10(13)16/h7H,5-6H2,1-4H3,(H,12,14,16). The summed E-state index contributed by atoms with van der Waals surface area (Å²) in [5.74, 6) is -1.05. The number of nitrogens with one attached hydrogen (secondary N) is 1. The molecule has 0 aromatic heterocycles. The Bertz CT molecular complexity index is 351. The fraction of sp³-hybridized carbons (Fsp3) is 0.727. The van der Waals surface area contributed by atoms with E-state index in [4.69, 9.17) is 4.74 Å². The Hall–Kier alpha value is -1.43. The summed E-state index contributed by atoms with van der Waals surface area (Å²) in [4.78, 5) is 36.1. The molecule has 0 aromatic rings. The number of urea groups is 1. The highest BCUT2D eigenvalue weighted by molar-refractivity contribution is 6.18. The van der Waals surface area contributed by atoms with Crippen molar-refractivity contribution in [2.75, 3.05) is 13.2 Å². The Morgan fingerprint density at radius 3 is 2.47 bits per heavy atom. The summed E-state index contributed by atoms with van der Waals surface area (Å²) in [6, 6.07) is -0.675. The highest BCUT2D eigenvalue weighted by Crippen LogP contribution is 2.23. The summed E-state index contributed by atoms with van der Waals surface area (Å²) < 4.78 is 5.28. The van der Waals surface area contributed by atoms with Crippen LogP contribution in [0, 0.1) is 5.41 Å². The molecule has 96 valence electrons. The molecule has 6 heteroatoms. The van der Waals surface area contributed by atoms with Gasteiger partial charge in [0.1, 0.15) is 5.41 Å². The van der Waals surface area contributed by atoms with Crippen LogP contribution in [0.1, 0.15) is 27.7 Å². The lowest BCUT2D eigenvalue weighted by molar-refractivity contribution is -0.150. The maximum Gasteiger partial charge on any atom is 0.330 e. The monoisotopic (exact) mass is 242 g/mol. The van der Waals surface area contributed by atoms with Crippen LogP contribution in [0.2, 0.25) is 0 Å². The Labute approximate surface area is 100 Å². The average Bonchev–Trinajstić information content (AvgIpc) is 2.23. The molecule has 0 aliphatic carbocycles. The molecule has 1 fully saturated rings. The summed E-state index contributed by atoms with van der Waals surface area (Å²) in [6.07, 6.45) is -0.251. The predicted octanol–water partition coefficient (Wildman–Crippen LogP) is 0.516. The third-order valence-electron chi connectivity index (χ3n) is 2.70. The van der Waals surface area contributed by atoms with E-state index >= 15 is 0 Å². The quantitative estimate of drug-likeness (QED) is 0.729. The molecule has 0 saturated carbocycles. The molecule has 0 aromatic carbocycles. The lowest BCUT2D eigenvalue weighted by Crippen LogP contribution is -2.62. The number of carbonyl (C=O) groups excluding carboxylic acids is 3. The van der Waals surface area contributed by atoms with Crippen LogP contribution in [-0.4, -0.2) is 42.0 Å². The van der Waals surface area contributed by atoms with Gasteiger partial charge in [-0.05, 0) is 27.7 Å². The minimum atomic E-state index is -1.21. The smallest absolute Gasteiger partial charge is 0.330 e. The van der Waals surface area contributed by atoms with Crippen LogP contribution in [0.4, 0.5) is 4.79 Å². The third kappa shape index (κ3) is 2.63. The van der Waals surface area contributed by atoms with Crippen LogP contribution in [0.25, 0.3) is 0 Å². The molecule has 0 bridgehead atoms. The Morgan fingerprint density at radius 2 is 1.94 bits per heavy atom. The van der Waals surface area contributed by atoms with E-state index in [1.807, 2.05) is 6.92 Å². The molecule has 1 aliphatic rings. The molecule has 1 heterocycles. The number of nitrogens with zero attached hydrogens (tertiary/aromatic N) is 1. The second kappa shape index (κ2) is 4.83. The number of rotatable bonds is 4. The van der Waals surface area contributed by atoms with Crippen molar-refractivity contribution < 1.29 is 19.1 Å². The lowest BCUT2D eigenvalue weighted by Gasteiger charge is -2.35. The molecule has 1 N–H and O–H groups in total. The number of amides is 4. The number of ether oxygens (including phenoxy) is 1. The normalized spacial score (nSPS) is 21.4. The van der Waals surface area contributed by atoms with E-state index in [9.17, 15) is 14.4 Å². The summed E-state index contributed by atoms with van der Waals surface area (Å²) >= 11 is 0. The first kappa shape index (κ1) is 13.6. The minimum absolute atomic E-state index is 0.148. The van der Waals surface area contributed by atoms with Gasteiger partial charge in [0.05, 0.1) is 12.6 Å². The van der Waals surface area contributed by atoms with Crippen molar-refractivity contribution in [3.05, 3.63) is 0 Å². The van der Waals surface area contributed by atoms with E-state index < -0.39 is 23.3 Å². The van der Waals surface area contributed by atoms with E-state index in [0.717, 1.165) is 4.90 Å². The average molecular weight is 242 g/mol.